The highest BCUT2D eigenvalue weighted by molar-refractivity contribution is 5.78. The van der Waals surface area contributed by atoms with Crippen molar-refractivity contribution in [1.82, 2.24) is 10.6 Å². The van der Waals surface area contributed by atoms with E-state index in [9.17, 15) is 9.18 Å². The van der Waals surface area contributed by atoms with Gasteiger partial charge in [0.25, 0.3) is 0 Å². The lowest BCUT2D eigenvalue weighted by Gasteiger charge is -2.13. The van der Waals surface area contributed by atoms with Gasteiger partial charge in [0, 0.05) is 12.6 Å². The minimum Gasteiger partial charge on any atom is -0.354 e. The van der Waals surface area contributed by atoms with E-state index in [1.165, 1.54) is 12.1 Å². The summed E-state index contributed by atoms with van der Waals surface area (Å²) < 4.78 is 12.7. The average Bonchev–Trinajstić information content (AvgIpc) is 2.30. The molecule has 1 aromatic carbocycles. The highest BCUT2D eigenvalue weighted by atomic mass is 19.1. The molecule has 0 spiro atoms. The Bertz CT molecular complexity index is 351. The maximum Gasteiger partial charge on any atom is 0.224 e. The molecule has 0 unspecified atom stereocenters. The molecule has 1 amide bonds. The zero-order chi connectivity index (χ0) is 12.7. The van der Waals surface area contributed by atoms with Crippen molar-refractivity contribution in [3.63, 3.8) is 0 Å². The smallest absolute Gasteiger partial charge is 0.224 e. The van der Waals surface area contributed by atoms with Crippen LogP contribution in [0.1, 0.15) is 19.4 Å². The maximum atomic E-state index is 12.7. The second kappa shape index (κ2) is 7.01. The summed E-state index contributed by atoms with van der Waals surface area (Å²) in [5.41, 5.74) is 0.819. The summed E-state index contributed by atoms with van der Waals surface area (Å²) in [6.07, 6.45) is 0.291. The zero-order valence-electron chi connectivity index (χ0n) is 10.3. The fraction of sp³-hybridized carbons (Fsp3) is 0.462. The third-order valence-electron chi connectivity index (χ3n) is 2.44. The number of rotatable bonds is 6. The number of amides is 1. The molecule has 4 heteroatoms. The molecule has 0 aliphatic rings. The van der Waals surface area contributed by atoms with E-state index in [4.69, 9.17) is 0 Å². The highest BCUT2D eigenvalue weighted by Gasteiger charge is 2.05. The van der Waals surface area contributed by atoms with Gasteiger partial charge >= 0.3 is 0 Å². The van der Waals surface area contributed by atoms with E-state index in [0.717, 1.165) is 12.1 Å². The quantitative estimate of drug-likeness (QED) is 0.788. The molecule has 94 valence electrons. The van der Waals surface area contributed by atoms with Gasteiger partial charge in [-0.3, -0.25) is 4.79 Å². The Kier molecular flexibility index (Phi) is 5.63. The molecule has 0 bridgehead atoms. The van der Waals surface area contributed by atoms with Crippen LogP contribution in [-0.2, 0) is 11.2 Å². The van der Waals surface area contributed by atoms with Gasteiger partial charge in [-0.05, 0) is 31.2 Å². The number of benzene rings is 1. The van der Waals surface area contributed by atoms with E-state index in [1.54, 1.807) is 12.1 Å². The third-order valence-corrected chi connectivity index (χ3v) is 2.44. The molecule has 3 nitrogen and oxygen atoms in total. The Hall–Kier alpha value is -1.42. The van der Waals surface area contributed by atoms with Crippen molar-refractivity contribution in [2.45, 2.75) is 26.3 Å². The van der Waals surface area contributed by atoms with Crippen LogP contribution < -0.4 is 10.6 Å². The average molecular weight is 238 g/mol. The molecule has 0 fully saturated rings. The summed E-state index contributed by atoms with van der Waals surface area (Å²) in [4.78, 5) is 11.6. The highest BCUT2D eigenvalue weighted by Crippen LogP contribution is 2.03. The lowest BCUT2D eigenvalue weighted by molar-refractivity contribution is -0.120. The molecule has 2 N–H and O–H groups in total. The van der Waals surface area contributed by atoms with Gasteiger partial charge in [-0.15, -0.1) is 0 Å². The molecule has 0 aromatic heterocycles. The van der Waals surface area contributed by atoms with Crippen LogP contribution in [0.15, 0.2) is 24.3 Å². The van der Waals surface area contributed by atoms with Crippen LogP contribution in [0.2, 0.25) is 0 Å². The first-order valence-electron chi connectivity index (χ1n) is 5.86. The first kappa shape index (κ1) is 13.6. The van der Waals surface area contributed by atoms with E-state index < -0.39 is 0 Å². The molecule has 1 rings (SSSR count). The van der Waals surface area contributed by atoms with Crippen LogP contribution in [-0.4, -0.2) is 25.0 Å². The normalized spacial score (nSPS) is 12.2. The summed E-state index contributed by atoms with van der Waals surface area (Å²) in [7, 11) is 0. The lowest BCUT2D eigenvalue weighted by Crippen LogP contribution is -2.39. The first-order valence-corrected chi connectivity index (χ1v) is 5.86. The Morgan fingerprint density at radius 2 is 2.00 bits per heavy atom. The Labute approximate surface area is 101 Å². The van der Waals surface area contributed by atoms with Gasteiger partial charge in [-0.2, -0.15) is 0 Å². The molecule has 1 aromatic rings. The minimum atomic E-state index is -0.282. The van der Waals surface area contributed by atoms with Crippen molar-refractivity contribution in [2.75, 3.05) is 13.1 Å². The molecular weight excluding hydrogens is 219 g/mol. The largest absolute Gasteiger partial charge is 0.354 e. The Balaban J connectivity index is 2.32. The maximum absolute atomic E-state index is 12.7. The van der Waals surface area contributed by atoms with Crippen LogP contribution >= 0.6 is 0 Å². The molecule has 0 radical (unpaired) electrons. The summed E-state index contributed by atoms with van der Waals surface area (Å²) in [6, 6.07) is 6.25. The van der Waals surface area contributed by atoms with Gasteiger partial charge in [-0.25, -0.2) is 4.39 Å². The summed E-state index contributed by atoms with van der Waals surface area (Å²) in [5, 5.41) is 6.04. The second-order valence-electron chi connectivity index (χ2n) is 4.07. The fourth-order valence-corrected chi connectivity index (χ4v) is 1.54. The van der Waals surface area contributed by atoms with Gasteiger partial charge in [0.15, 0.2) is 0 Å². The number of hydrogen-bond acceptors (Lipinski definition) is 2. The molecule has 0 heterocycles. The minimum absolute atomic E-state index is 0.0404. The standard InChI is InChI=1S/C13H19FN2O/c1-3-15-10(2)9-16-13(17)8-11-4-6-12(14)7-5-11/h4-7,10,15H,3,8-9H2,1-2H3,(H,16,17)/t10-/m1/s1. The van der Waals surface area contributed by atoms with E-state index in [-0.39, 0.29) is 17.8 Å². The first-order chi connectivity index (χ1) is 8.11. The molecule has 0 saturated heterocycles. The molecular formula is C13H19FN2O. The van der Waals surface area contributed by atoms with Crippen molar-refractivity contribution in [3.8, 4) is 0 Å². The molecule has 0 aliphatic heterocycles. The van der Waals surface area contributed by atoms with E-state index >= 15 is 0 Å². The number of carbonyl (C=O) groups is 1. The fourth-order valence-electron chi connectivity index (χ4n) is 1.54. The predicted molar refractivity (Wildman–Crippen MR) is 66.3 cm³/mol. The van der Waals surface area contributed by atoms with Gasteiger partial charge in [0.05, 0.1) is 6.42 Å². The number of carbonyl (C=O) groups excluding carboxylic acids is 1. The SMILES string of the molecule is CCN[C@H](C)CNC(=O)Cc1ccc(F)cc1. The van der Waals surface area contributed by atoms with Crippen LogP contribution in [0.5, 0.6) is 0 Å². The molecule has 0 aliphatic carbocycles. The number of hydrogen-bond donors (Lipinski definition) is 2. The van der Waals surface area contributed by atoms with Gasteiger partial charge in [-0.1, -0.05) is 19.1 Å². The van der Waals surface area contributed by atoms with Crippen molar-refractivity contribution >= 4 is 5.91 Å². The van der Waals surface area contributed by atoms with E-state index in [2.05, 4.69) is 10.6 Å². The monoisotopic (exact) mass is 238 g/mol. The molecule has 1 atom stereocenters. The second-order valence-corrected chi connectivity index (χ2v) is 4.07. The number of nitrogens with one attached hydrogen (secondary N) is 2. The number of halogens is 1. The van der Waals surface area contributed by atoms with Crippen LogP contribution in [0.25, 0.3) is 0 Å². The van der Waals surface area contributed by atoms with Crippen molar-refractivity contribution in [1.29, 1.82) is 0 Å². The molecule has 0 saturated carbocycles. The van der Waals surface area contributed by atoms with Crippen LogP contribution in [0, 0.1) is 5.82 Å². The van der Waals surface area contributed by atoms with Gasteiger partial charge in [0.2, 0.25) is 5.91 Å². The van der Waals surface area contributed by atoms with Crippen LogP contribution in [0.4, 0.5) is 4.39 Å². The van der Waals surface area contributed by atoms with E-state index in [0.29, 0.717) is 13.0 Å². The molecule has 17 heavy (non-hydrogen) atoms. The van der Waals surface area contributed by atoms with Crippen molar-refractivity contribution < 1.29 is 9.18 Å². The van der Waals surface area contributed by atoms with Crippen molar-refractivity contribution in [2.24, 2.45) is 0 Å². The topological polar surface area (TPSA) is 41.1 Å². The summed E-state index contributed by atoms with van der Waals surface area (Å²) >= 11 is 0. The Morgan fingerprint density at radius 1 is 1.35 bits per heavy atom. The lowest BCUT2D eigenvalue weighted by atomic mass is 10.1. The number of likely N-dealkylation sites (N-methyl/N-ethyl adjacent to an activating group) is 1. The van der Waals surface area contributed by atoms with Crippen LogP contribution in [0.3, 0.4) is 0 Å². The van der Waals surface area contributed by atoms with E-state index in [1.807, 2.05) is 13.8 Å². The Morgan fingerprint density at radius 3 is 2.59 bits per heavy atom. The summed E-state index contributed by atoms with van der Waals surface area (Å²) in [6.45, 7) is 5.53. The third kappa shape index (κ3) is 5.45. The predicted octanol–water partition coefficient (Wildman–Crippen LogP) is 1.48. The summed E-state index contributed by atoms with van der Waals surface area (Å²) in [5.74, 6) is -0.323. The van der Waals surface area contributed by atoms with Gasteiger partial charge in [0.1, 0.15) is 5.82 Å². The van der Waals surface area contributed by atoms with Gasteiger partial charge < -0.3 is 10.6 Å². The zero-order valence-corrected chi connectivity index (χ0v) is 10.3. The van der Waals surface area contributed by atoms with Crippen molar-refractivity contribution in [3.05, 3.63) is 35.6 Å².